The number of methoxy groups -OCH3 is 1. The summed E-state index contributed by atoms with van der Waals surface area (Å²) >= 11 is 1.21. The molecule has 156 valence electrons. The van der Waals surface area contributed by atoms with E-state index in [-0.39, 0.29) is 11.5 Å². The number of phenols is 1. The summed E-state index contributed by atoms with van der Waals surface area (Å²) in [4.78, 5) is 19.1. The normalized spacial score (nSPS) is 12.4. The number of nitrogens with one attached hydrogen (secondary N) is 1. The lowest BCUT2D eigenvalue weighted by Crippen LogP contribution is -2.20. The summed E-state index contributed by atoms with van der Waals surface area (Å²) in [6.45, 7) is 1.72. The minimum absolute atomic E-state index is 0.0133. The number of phenolic OH excluding ortho intramolecular Hbond substituents is 1. The summed E-state index contributed by atoms with van der Waals surface area (Å²) in [5.74, 6) is 1.22. The van der Waals surface area contributed by atoms with E-state index < -0.39 is 12.1 Å². The Labute approximate surface area is 176 Å². The van der Waals surface area contributed by atoms with Crippen molar-refractivity contribution in [1.29, 1.82) is 0 Å². The fourth-order valence-electron chi connectivity index (χ4n) is 2.78. The standard InChI is InChI=1S/C20H20N4O5S/c1-11-21-18(24-29-11)12-4-7-14(8-5-12)22-17(19(30-3)23-20(26)27)13-6-9-15(25)16(10-13)28-2/h4-10,17,22,25H,1-3H3,(H,26,27). The van der Waals surface area contributed by atoms with Crippen LogP contribution in [0.4, 0.5) is 10.5 Å². The van der Waals surface area contributed by atoms with Gasteiger partial charge in [-0.1, -0.05) is 11.2 Å². The molecule has 1 heterocycles. The SMILES string of the molecule is COc1cc(C(Nc2ccc(-c3noc(C)n3)cc2)C(=NC(=O)O)SC)ccc1O. The van der Waals surface area contributed by atoms with Gasteiger partial charge < -0.3 is 24.8 Å². The molecule has 3 rings (SSSR count). The molecule has 9 nitrogen and oxygen atoms in total. The second-order valence-corrected chi connectivity index (χ2v) is 6.99. The maximum Gasteiger partial charge on any atom is 0.431 e. The van der Waals surface area contributed by atoms with Crippen LogP contribution in [0.1, 0.15) is 17.5 Å². The highest BCUT2D eigenvalue weighted by Gasteiger charge is 2.21. The van der Waals surface area contributed by atoms with Crippen molar-refractivity contribution in [3.8, 4) is 22.9 Å². The molecule has 2 aromatic carbocycles. The van der Waals surface area contributed by atoms with Gasteiger partial charge in [0.15, 0.2) is 11.5 Å². The molecule has 1 unspecified atom stereocenters. The Bertz CT molecular complexity index is 1070. The van der Waals surface area contributed by atoms with Crippen molar-refractivity contribution in [2.75, 3.05) is 18.7 Å². The summed E-state index contributed by atoms with van der Waals surface area (Å²) in [6.07, 6.45) is 0.454. The van der Waals surface area contributed by atoms with E-state index in [1.807, 2.05) is 24.3 Å². The van der Waals surface area contributed by atoms with Crippen LogP contribution in [0, 0.1) is 6.92 Å². The fraction of sp³-hybridized carbons (Fsp3) is 0.200. The molecular weight excluding hydrogens is 408 g/mol. The van der Waals surface area contributed by atoms with Gasteiger partial charge in [0.25, 0.3) is 0 Å². The molecule has 3 aromatic rings. The molecule has 1 amide bonds. The lowest BCUT2D eigenvalue weighted by atomic mass is 10.1. The number of nitrogens with zero attached hydrogens (tertiary/aromatic N) is 3. The highest BCUT2D eigenvalue weighted by Crippen LogP contribution is 2.33. The van der Waals surface area contributed by atoms with Crippen LogP contribution in [-0.4, -0.2) is 44.9 Å². The Morgan fingerprint density at radius 1 is 1.27 bits per heavy atom. The second-order valence-electron chi connectivity index (χ2n) is 6.16. The van der Waals surface area contributed by atoms with Crippen molar-refractivity contribution >= 4 is 28.6 Å². The van der Waals surface area contributed by atoms with Crippen molar-refractivity contribution in [1.82, 2.24) is 10.1 Å². The number of aromatic hydroxyl groups is 1. The van der Waals surface area contributed by atoms with Crippen LogP contribution in [0.2, 0.25) is 0 Å². The highest BCUT2D eigenvalue weighted by molar-refractivity contribution is 8.13. The minimum Gasteiger partial charge on any atom is -0.504 e. The van der Waals surface area contributed by atoms with E-state index in [9.17, 15) is 15.0 Å². The van der Waals surface area contributed by atoms with Crippen molar-refractivity contribution in [2.24, 2.45) is 4.99 Å². The first-order valence-corrected chi connectivity index (χ1v) is 10.0. The second kappa shape index (κ2) is 9.31. The molecule has 0 radical (unpaired) electrons. The predicted octanol–water partition coefficient (Wildman–Crippen LogP) is 4.35. The highest BCUT2D eigenvalue weighted by atomic mass is 32.2. The summed E-state index contributed by atoms with van der Waals surface area (Å²) in [5, 5.41) is 26.6. The van der Waals surface area contributed by atoms with E-state index >= 15 is 0 Å². The van der Waals surface area contributed by atoms with Gasteiger partial charge in [0.1, 0.15) is 11.1 Å². The number of hydrogen-bond acceptors (Lipinski definition) is 8. The quantitative estimate of drug-likeness (QED) is 0.387. The van der Waals surface area contributed by atoms with Crippen LogP contribution in [0.3, 0.4) is 0 Å². The van der Waals surface area contributed by atoms with Crippen molar-refractivity contribution < 1.29 is 24.3 Å². The van der Waals surface area contributed by atoms with Crippen LogP contribution < -0.4 is 10.1 Å². The molecule has 0 saturated carbocycles. The lowest BCUT2D eigenvalue weighted by molar-refractivity contribution is 0.205. The summed E-state index contributed by atoms with van der Waals surface area (Å²) < 4.78 is 10.2. The Kier molecular flexibility index (Phi) is 6.58. The van der Waals surface area contributed by atoms with Gasteiger partial charge in [-0.05, 0) is 48.2 Å². The first-order chi connectivity index (χ1) is 14.4. The molecule has 0 bridgehead atoms. The van der Waals surface area contributed by atoms with E-state index in [0.29, 0.717) is 22.3 Å². The number of benzene rings is 2. The van der Waals surface area contributed by atoms with Crippen LogP contribution in [-0.2, 0) is 0 Å². The molecule has 1 aromatic heterocycles. The molecule has 10 heteroatoms. The molecule has 0 saturated heterocycles. The third-order valence-electron chi connectivity index (χ3n) is 4.18. The summed E-state index contributed by atoms with van der Waals surface area (Å²) in [6, 6.07) is 11.5. The molecular formula is C20H20N4O5S. The van der Waals surface area contributed by atoms with Crippen LogP contribution >= 0.6 is 11.8 Å². The number of aryl methyl sites for hydroxylation is 1. The summed E-state index contributed by atoms with van der Waals surface area (Å²) in [7, 11) is 1.44. The number of aliphatic imine (C=N–C) groups is 1. The Morgan fingerprint density at radius 3 is 2.57 bits per heavy atom. The maximum atomic E-state index is 11.2. The van der Waals surface area contributed by atoms with Crippen LogP contribution in [0.25, 0.3) is 11.4 Å². The molecule has 0 aliphatic rings. The fourth-order valence-corrected chi connectivity index (χ4v) is 3.38. The Balaban J connectivity index is 1.95. The van der Waals surface area contributed by atoms with Gasteiger partial charge in [-0.2, -0.15) is 9.98 Å². The van der Waals surface area contributed by atoms with E-state index in [2.05, 4.69) is 20.4 Å². The van der Waals surface area contributed by atoms with E-state index in [1.165, 1.54) is 24.9 Å². The van der Waals surface area contributed by atoms with Crippen molar-refractivity contribution in [3.05, 3.63) is 53.9 Å². The zero-order valence-electron chi connectivity index (χ0n) is 16.5. The largest absolute Gasteiger partial charge is 0.504 e. The monoisotopic (exact) mass is 428 g/mol. The number of aromatic nitrogens is 2. The van der Waals surface area contributed by atoms with E-state index in [4.69, 9.17) is 9.26 Å². The molecule has 0 aliphatic heterocycles. The third kappa shape index (κ3) is 4.90. The predicted molar refractivity (Wildman–Crippen MR) is 114 cm³/mol. The van der Waals surface area contributed by atoms with Crippen molar-refractivity contribution in [2.45, 2.75) is 13.0 Å². The van der Waals surface area contributed by atoms with Crippen LogP contribution in [0.5, 0.6) is 11.5 Å². The molecule has 0 aliphatic carbocycles. The van der Waals surface area contributed by atoms with Gasteiger partial charge in [0, 0.05) is 18.2 Å². The number of anilines is 1. The first-order valence-electron chi connectivity index (χ1n) is 8.81. The average Bonchev–Trinajstić information content (AvgIpc) is 3.17. The van der Waals surface area contributed by atoms with Gasteiger partial charge in [-0.15, -0.1) is 11.8 Å². The van der Waals surface area contributed by atoms with E-state index in [1.54, 1.807) is 25.3 Å². The van der Waals surface area contributed by atoms with Crippen LogP contribution in [0.15, 0.2) is 52.0 Å². The zero-order chi connectivity index (χ0) is 21.7. The smallest absolute Gasteiger partial charge is 0.431 e. The van der Waals surface area contributed by atoms with Gasteiger partial charge in [0.2, 0.25) is 11.7 Å². The number of carboxylic acid groups (broad SMARTS) is 1. The number of thioether (sulfide) groups is 1. The first kappa shape index (κ1) is 21.2. The lowest BCUT2D eigenvalue weighted by Gasteiger charge is -2.22. The average molecular weight is 428 g/mol. The summed E-state index contributed by atoms with van der Waals surface area (Å²) in [5.41, 5.74) is 2.18. The molecule has 0 spiro atoms. The number of amides is 1. The number of carbonyl (C=O) groups is 1. The molecule has 3 N–H and O–H groups in total. The van der Waals surface area contributed by atoms with Gasteiger partial charge in [0.05, 0.1) is 7.11 Å². The molecule has 0 fully saturated rings. The van der Waals surface area contributed by atoms with Gasteiger partial charge in [-0.3, -0.25) is 0 Å². The van der Waals surface area contributed by atoms with E-state index in [0.717, 1.165) is 11.3 Å². The maximum absolute atomic E-state index is 11.2. The van der Waals surface area contributed by atoms with Crippen molar-refractivity contribution in [3.63, 3.8) is 0 Å². The molecule has 30 heavy (non-hydrogen) atoms. The number of hydrogen-bond donors (Lipinski definition) is 3. The molecule has 1 atom stereocenters. The Morgan fingerprint density at radius 2 is 2.00 bits per heavy atom. The van der Waals surface area contributed by atoms with Gasteiger partial charge in [-0.25, -0.2) is 4.79 Å². The minimum atomic E-state index is -1.29. The number of rotatable bonds is 6. The topological polar surface area (TPSA) is 130 Å². The van der Waals surface area contributed by atoms with Gasteiger partial charge >= 0.3 is 6.09 Å². The Hall–Kier alpha value is -3.53. The third-order valence-corrected chi connectivity index (χ3v) is 4.93. The number of ether oxygens (including phenoxy) is 1. The zero-order valence-corrected chi connectivity index (χ0v) is 17.3.